The molecule has 2 nitrogen and oxygen atoms in total. The molecule has 0 aliphatic rings. The molecule has 0 aliphatic heterocycles. The Hall–Kier alpha value is -0.720. The summed E-state index contributed by atoms with van der Waals surface area (Å²) >= 11 is 6.89. The van der Waals surface area contributed by atoms with Crippen molar-refractivity contribution in [3.63, 3.8) is 0 Å². The zero-order valence-electron chi connectivity index (χ0n) is 15.5. The summed E-state index contributed by atoms with van der Waals surface area (Å²) in [6, 6.07) is 8.64. The molecule has 2 aromatic heterocycles. The van der Waals surface area contributed by atoms with Gasteiger partial charge in [-0.05, 0) is 11.1 Å². The van der Waals surface area contributed by atoms with E-state index in [2.05, 4.69) is 90.0 Å². The van der Waals surface area contributed by atoms with Crippen LogP contribution in [0.2, 0.25) is 0 Å². The first kappa shape index (κ1) is 31.3. The van der Waals surface area contributed by atoms with E-state index in [0.717, 1.165) is 23.7 Å². The summed E-state index contributed by atoms with van der Waals surface area (Å²) in [5.74, 6) is 0. The van der Waals surface area contributed by atoms with Crippen LogP contribution in [0.3, 0.4) is 0 Å². The number of rotatable bonds is 5. The third kappa shape index (κ3) is 27.3. The first-order chi connectivity index (χ1) is 13.7. The molecule has 0 N–H and O–H groups in total. The number of alkyl halides is 2. The van der Waals surface area contributed by atoms with E-state index in [1.54, 1.807) is 0 Å². The second-order valence-electron chi connectivity index (χ2n) is 5.94. The molecule has 0 spiro atoms. The van der Waals surface area contributed by atoms with Crippen LogP contribution in [0, 0.1) is 0 Å². The number of aromatic nitrogens is 2. The molecule has 0 aromatic carbocycles. The Balaban J connectivity index is 0.000000570. The molecule has 0 radical (unpaired) electrons. The first-order valence-corrected chi connectivity index (χ1v) is 14.3. The summed E-state index contributed by atoms with van der Waals surface area (Å²) in [4.78, 5) is 0. The molecule has 0 bridgehead atoms. The van der Waals surface area contributed by atoms with Crippen LogP contribution in [0.15, 0.2) is 49.1 Å². The SMILES string of the molecule is BrCC[n+]1ccc(-c2cc[n+](CCBr)cc2)cc1.F[P-](F)(F)(F)(F)F.F[P-](F)(F)(F)(F)F. The van der Waals surface area contributed by atoms with Crippen molar-refractivity contribution in [1.82, 2.24) is 0 Å². The fraction of sp³-hybridized carbons (Fsp3) is 0.286. The second kappa shape index (κ2) is 9.14. The van der Waals surface area contributed by atoms with E-state index in [-0.39, 0.29) is 0 Å². The summed E-state index contributed by atoms with van der Waals surface area (Å²) in [6.07, 6.45) is 8.48. The fourth-order valence-corrected chi connectivity index (χ4v) is 2.61. The van der Waals surface area contributed by atoms with Crippen LogP contribution >= 0.6 is 47.5 Å². The van der Waals surface area contributed by atoms with E-state index in [4.69, 9.17) is 0 Å². The Morgan fingerprint density at radius 1 is 0.500 bits per heavy atom. The predicted molar refractivity (Wildman–Crippen MR) is 107 cm³/mol. The molecule has 0 aliphatic carbocycles. The second-order valence-corrected chi connectivity index (χ2v) is 11.4. The van der Waals surface area contributed by atoms with E-state index in [1.807, 2.05) is 0 Å². The normalized spacial score (nSPS) is 16.1. The minimum atomic E-state index is -10.7. The number of hydrogen-bond acceptors (Lipinski definition) is 0. The van der Waals surface area contributed by atoms with Crippen molar-refractivity contribution in [2.24, 2.45) is 0 Å². The maximum absolute atomic E-state index is 10.7. The van der Waals surface area contributed by atoms with Crippen molar-refractivity contribution >= 4 is 47.5 Å². The van der Waals surface area contributed by atoms with Crippen molar-refractivity contribution in [2.45, 2.75) is 13.1 Å². The van der Waals surface area contributed by atoms with Crippen LogP contribution in [0.1, 0.15) is 0 Å². The van der Waals surface area contributed by atoms with Gasteiger partial charge in [0, 0.05) is 24.3 Å². The van der Waals surface area contributed by atoms with Gasteiger partial charge in [0.2, 0.25) is 0 Å². The molecule has 190 valence electrons. The first-order valence-electron chi connectivity index (χ1n) is 7.97. The Labute approximate surface area is 191 Å². The van der Waals surface area contributed by atoms with Crippen LogP contribution in [0.25, 0.3) is 11.1 Å². The molecule has 0 unspecified atom stereocenters. The monoisotopic (exact) mass is 660 g/mol. The van der Waals surface area contributed by atoms with Crippen LogP contribution in [-0.2, 0) is 13.1 Å². The van der Waals surface area contributed by atoms with Gasteiger partial charge in [0.1, 0.15) is 0 Å². The van der Waals surface area contributed by atoms with Crippen molar-refractivity contribution in [1.29, 1.82) is 0 Å². The van der Waals surface area contributed by atoms with Crippen molar-refractivity contribution in [3.8, 4) is 11.1 Å². The zero-order valence-corrected chi connectivity index (χ0v) is 20.5. The van der Waals surface area contributed by atoms with Gasteiger partial charge in [-0.2, -0.15) is 0 Å². The standard InChI is InChI=1S/C14H16Br2N2.2F6P/c15-5-11-17-7-1-13(2-8-17)14-3-9-18(10-4-14)12-6-16;2*1-7(2,3,4,5)6/h1-4,7-10H,5-6,11-12H2;;/q+2;2*-1. The van der Waals surface area contributed by atoms with E-state index in [9.17, 15) is 50.4 Å². The van der Waals surface area contributed by atoms with Gasteiger partial charge in [0.25, 0.3) is 0 Å². The third-order valence-corrected chi connectivity index (χ3v) is 3.51. The Morgan fingerprint density at radius 2 is 0.688 bits per heavy atom. The van der Waals surface area contributed by atoms with Crippen molar-refractivity contribution < 1.29 is 59.5 Å². The summed E-state index contributed by atoms with van der Waals surface area (Å²) in [6.45, 7) is 2.00. The van der Waals surface area contributed by atoms with Gasteiger partial charge in [0.15, 0.2) is 37.9 Å². The van der Waals surface area contributed by atoms with Gasteiger partial charge in [-0.15, -0.1) is 0 Å². The molecular formula is C14H16Br2F12N2P2. The quantitative estimate of drug-likeness (QED) is 0.131. The molecule has 32 heavy (non-hydrogen) atoms. The zero-order chi connectivity index (χ0) is 25.6. The average Bonchev–Trinajstić information content (AvgIpc) is 2.51. The third-order valence-electron chi connectivity index (χ3n) is 2.80. The van der Waals surface area contributed by atoms with Crippen LogP contribution in [0.4, 0.5) is 50.4 Å². The number of aryl methyl sites for hydroxylation is 2. The van der Waals surface area contributed by atoms with Gasteiger partial charge < -0.3 is 0 Å². The molecule has 0 amide bonds. The molecule has 0 atom stereocenters. The summed E-state index contributed by atoms with van der Waals surface area (Å²) in [5.41, 5.74) is 2.51. The number of nitrogens with zero attached hydrogens (tertiary/aromatic N) is 2. The summed E-state index contributed by atoms with van der Waals surface area (Å²) in [5, 5.41) is 1.96. The van der Waals surface area contributed by atoms with E-state index >= 15 is 0 Å². The molecule has 0 saturated carbocycles. The molecule has 2 aromatic rings. The van der Waals surface area contributed by atoms with E-state index in [1.165, 1.54) is 11.1 Å². The topological polar surface area (TPSA) is 7.76 Å². The minimum absolute atomic E-state index is 0.981. The van der Waals surface area contributed by atoms with E-state index in [0.29, 0.717) is 0 Å². The van der Waals surface area contributed by atoms with Crippen LogP contribution < -0.4 is 9.13 Å². The van der Waals surface area contributed by atoms with E-state index < -0.39 is 15.6 Å². The van der Waals surface area contributed by atoms with Gasteiger partial charge in [-0.3, -0.25) is 0 Å². The summed E-state index contributed by atoms with van der Waals surface area (Å²) in [7, 11) is -21.3. The Kier molecular flexibility index (Phi) is 8.94. The molecule has 2 heterocycles. The molecule has 0 fully saturated rings. The molecular weight excluding hydrogens is 646 g/mol. The Bertz CT molecular complexity index is 769. The van der Waals surface area contributed by atoms with Crippen molar-refractivity contribution in [3.05, 3.63) is 49.1 Å². The van der Waals surface area contributed by atoms with Crippen LogP contribution in [0.5, 0.6) is 0 Å². The molecule has 18 heteroatoms. The average molecular weight is 662 g/mol. The molecule has 2 rings (SSSR count). The van der Waals surface area contributed by atoms with Gasteiger partial charge >= 0.3 is 66.0 Å². The Morgan fingerprint density at radius 3 is 0.844 bits per heavy atom. The van der Waals surface area contributed by atoms with Gasteiger partial charge in [0.05, 0.1) is 10.7 Å². The fourth-order valence-electron chi connectivity index (χ4n) is 1.79. The number of pyridine rings is 2. The molecule has 0 saturated heterocycles. The van der Waals surface area contributed by atoms with Gasteiger partial charge in [-0.25, -0.2) is 9.13 Å². The predicted octanol–water partition coefficient (Wildman–Crippen LogP) is 9.48. The van der Waals surface area contributed by atoms with Gasteiger partial charge in [-0.1, -0.05) is 31.9 Å². The number of halogens is 14. The van der Waals surface area contributed by atoms with Crippen LogP contribution in [-0.4, -0.2) is 10.7 Å². The number of hydrogen-bond donors (Lipinski definition) is 0. The van der Waals surface area contributed by atoms with Crippen molar-refractivity contribution in [2.75, 3.05) is 10.7 Å². The summed E-state index contributed by atoms with van der Waals surface area (Å²) < 4.78 is 123. The maximum atomic E-state index is 9.87.